The molecule has 0 aliphatic carbocycles. The summed E-state index contributed by atoms with van der Waals surface area (Å²) in [6.45, 7) is 1.66. The Labute approximate surface area is 157 Å². The quantitative estimate of drug-likeness (QED) is 0.571. The predicted octanol–water partition coefficient (Wildman–Crippen LogP) is 2.52. The minimum absolute atomic E-state index is 0.0295. The lowest BCUT2D eigenvalue weighted by Crippen LogP contribution is -2.37. The lowest BCUT2D eigenvalue weighted by atomic mass is 10.0. The van der Waals surface area contributed by atoms with Crippen LogP contribution in [-0.2, 0) is 0 Å². The number of carbonyl (C=O) groups excluding carboxylic acids is 1. The number of rotatable bonds is 7. The molecule has 2 atom stereocenters. The molecule has 0 aromatic heterocycles. The van der Waals surface area contributed by atoms with Crippen molar-refractivity contribution in [1.82, 2.24) is 5.32 Å². The molecule has 2 rings (SSSR count). The van der Waals surface area contributed by atoms with Crippen molar-refractivity contribution in [3.8, 4) is 5.75 Å². The first-order valence-electron chi connectivity index (χ1n) is 8.33. The van der Waals surface area contributed by atoms with Gasteiger partial charge in [0, 0.05) is 26.2 Å². The summed E-state index contributed by atoms with van der Waals surface area (Å²) in [5.74, 6) is -0.356. The molecule has 27 heavy (non-hydrogen) atoms. The number of hydrogen-bond acceptors (Lipinski definition) is 6. The Morgan fingerprint density at radius 2 is 1.89 bits per heavy atom. The van der Waals surface area contributed by atoms with Gasteiger partial charge in [-0.3, -0.25) is 14.9 Å². The molecule has 2 aromatic rings. The molecule has 0 aliphatic rings. The van der Waals surface area contributed by atoms with E-state index in [2.05, 4.69) is 5.32 Å². The Balaban J connectivity index is 2.32. The summed E-state index contributed by atoms with van der Waals surface area (Å²) >= 11 is 0. The monoisotopic (exact) mass is 373 g/mol. The number of benzene rings is 2. The molecule has 0 radical (unpaired) electrons. The first-order valence-corrected chi connectivity index (χ1v) is 8.33. The summed E-state index contributed by atoms with van der Waals surface area (Å²) in [4.78, 5) is 25.1. The maximum absolute atomic E-state index is 12.7. The molecule has 8 heteroatoms. The molecule has 0 aliphatic heterocycles. The average molecular weight is 373 g/mol. The number of carbonyl (C=O) groups is 1. The molecule has 0 saturated heterocycles. The summed E-state index contributed by atoms with van der Waals surface area (Å²) in [6, 6.07) is 10.9. The Morgan fingerprint density at radius 3 is 2.41 bits per heavy atom. The summed E-state index contributed by atoms with van der Waals surface area (Å²) in [5.41, 5.74) is 0.807. The highest BCUT2D eigenvalue weighted by Crippen LogP contribution is 2.34. The van der Waals surface area contributed by atoms with Crippen molar-refractivity contribution in [2.75, 3.05) is 26.1 Å². The highest BCUT2D eigenvalue weighted by molar-refractivity contribution is 5.99. The number of aliphatic hydroxyl groups is 1. The molecule has 0 fully saturated rings. The van der Waals surface area contributed by atoms with Crippen LogP contribution in [0.5, 0.6) is 5.75 Å². The fraction of sp³-hybridized carbons (Fsp3) is 0.316. The van der Waals surface area contributed by atoms with E-state index in [1.807, 2.05) is 6.07 Å². The number of methoxy groups -OCH3 is 1. The van der Waals surface area contributed by atoms with Gasteiger partial charge < -0.3 is 20.1 Å². The van der Waals surface area contributed by atoms with Crippen LogP contribution in [-0.4, -0.2) is 43.2 Å². The Morgan fingerprint density at radius 1 is 1.26 bits per heavy atom. The fourth-order valence-electron chi connectivity index (χ4n) is 2.71. The van der Waals surface area contributed by atoms with Crippen molar-refractivity contribution in [2.45, 2.75) is 19.1 Å². The van der Waals surface area contributed by atoms with Gasteiger partial charge >= 0.3 is 0 Å². The lowest BCUT2D eigenvalue weighted by Gasteiger charge is -2.22. The number of nitro groups is 1. The third-order valence-electron chi connectivity index (χ3n) is 4.19. The van der Waals surface area contributed by atoms with Crippen molar-refractivity contribution in [3.63, 3.8) is 0 Å². The average Bonchev–Trinajstić information content (AvgIpc) is 2.66. The number of ether oxygens (including phenoxy) is 1. The standard InChI is InChI=1S/C19H23N3O5/c1-12(18(23)13-8-6-5-7-9-13)20-19(24)14-10-16(22(25)26)15(21(2)3)11-17(14)27-4/h5-12,18,23H,1-4H3,(H,20,24). The number of nitrogens with zero attached hydrogens (tertiary/aromatic N) is 2. The van der Waals surface area contributed by atoms with Crippen molar-refractivity contribution < 1.29 is 19.6 Å². The van der Waals surface area contributed by atoms with Crippen molar-refractivity contribution in [3.05, 3.63) is 63.7 Å². The topological polar surface area (TPSA) is 105 Å². The fourth-order valence-corrected chi connectivity index (χ4v) is 2.71. The van der Waals surface area contributed by atoms with Gasteiger partial charge in [0.2, 0.25) is 0 Å². The van der Waals surface area contributed by atoms with E-state index in [0.29, 0.717) is 11.3 Å². The second-order valence-electron chi connectivity index (χ2n) is 6.31. The van der Waals surface area contributed by atoms with Crippen molar-refractivity contribution in [1.29, 1.82) is 0 Å². The van der Waals surface area contributed by atoms with Crippen LogP contribution in [0.25, 0.3) is 0 Å². The van der Waals surface area contributed by atoms with Crippen LogP contribution in [0.4, 0.5) is 11.4 Å². The van der Waals surface area contributed by atoms with Crippen molar-refractivity contribution in [2.24, 2.45) is 0 Å². The molecular formula is C19H23N3O5. The van der Waals surface area contributed by atoms with E-state index in [1.54, 1.807) is 50.2 Å². The van der Waals surface area contributed by atoms with E-state index in [1.165, 1.54) is 19.2 Å². The summed E-state index contributed by atoms with van der Waals surface area (Å²) < 4.78 is 5.25. The van der Waals surface area contributed by atoms with Crippen LogP contribution in [0.3, 0.4) is 0 Å². The Kier molecular flexibility index (Phi) is 6.36. The van der Waals surface area contributed by atoms with Gasteiger partial charge in [-0.05, 0) is 12.5 Å². The SMILES string of the molecule is COc1cc(N(C)C)c([N+](=O)[O-])cc1C(=O)NC(C)C(O)c1ccccc1. The normalized spacial score (nSPS) is 12.8. The van der Waals surface area contributed by atoms with E-state index in [0.717, 1.165) is 0 Å². The number of nitrogens with one attached hydrogen (secondary N) is 1. The van der Waals surface area contributed by atoms with Gasteiger partial charge in [-0.25, -0.2) is 0 Å². The second-order valence-corrected chi connectivity index (χ2v) is 6.31. The maximum Gasteiger partial charge on any atom is 0.293 e. The molecule has 0 spiro atoms. The van der Waals surface area contributed by atoms with E-state index < -0.39 is 23.0 Å². The number of nitro benzene ring substituents is 1. The molecule has 1 amide bonds. The largest absolute Gasteiger partial charge is 0.496 e. The molecule has 0 saturated carbocycles. The summed E-state index contributed by atoms with van der Waals surface area (Å²) in [7, 11) is 4.72. The number of aliphatic hydroxyl groups excluding tert-OH is 1. The number of amides is 1. The highest BCUT2D eigenvalue weighted by Gasteiger charge is 2.26. The number of anilines is 1. The van der Waals surface area contributed by atoms with Gasteiger partial charge in [0.25, 0.3) is 11.6 Å². The van der Waals surface area contributed by atoms with Crippen LogP contribution in [0.2, 0.25) is 0 Å². The van der Waals surface area contributed by atoms with Crippen LogP contribution in [0.15, 0.2) is 42.5 Å². The minimum atomic E-state index is -0.919. The Hall–Kier alpha value is -3.13. The zero-order valence-electron chi connectivity index (χ0n) is 15.7. The Bertz CT molecular complexity index is 824. The smallest absolute Gasteiger partial charge is 0.293 e. The van der Waals surface area contributed by atoms with Crippen LogP contribution in [0, 0.1) is 10.1 Å². The lowest BCUT2D eigenvalue weighted by molar-refractivity contribution is -0.384. The molecule has 2 aromatic carbocycles. The first-order chi connectivity index (χ1) is 12.8. The first kappa shape index (κ1) is 20.2. The molecule has 8 nitrogen and oxygen atoms in total. The van der Waals surface area contributed by atoms with Gasteiger partial charge in [-0.1, -0.05) is 30.3 Å². The highest BCUT2D eigenvalue weighted by atomic mass is 16.6. The molecule has 144 valence electrons. The van der Waals surface area contributed by atoms with Gasteiger partial charge in [0.1, 0.15) is 11.4 Å². The van der Waals surface area contributed by atoms with E-state index in [9.17, 15) is 20.0 Å². The third kappa shape index (κ3) is 4.53. The summed E-state index contributed by atoms with van der Waals surface area (Å²) in [5, 5.41) is 24.5. The zero-order valence-corrected chi connectivity index (χ0v) is 15.7. The predicted molar refractivity (Wildman–Crippen MR) is 102 cm³/mol. The van der Waals surface area contributed by atoms with Crippen molar-refractivity contribution >= 4 is 17.3 Å². The molecular weight excluding hydrogens is 350 g/mol. The minimum Gasteiger partial charge on any atom is -0.496 e. The van der Waals surface area contributed by atoms with Gasteiger partial charge in [0.15, 0.2) is 0 Å². The molecule has 0 bridgehead atoms. The van der Waals surface area contributed by atoms with Crippen LogP contribution >= 0.6 is 0 Å². The number of hydrogen-bond donors (Lipinski definition) is 2. The summed E-state index contributed by atoms with van der Waals surface area (Å²) in [6.07, 6.45) is -0.919. The van der Waals surface area contributed by atoms with Gasteiger partial charge in [0.05, 0.1) is 29.7 Å². The van der Waals surface area contributed by atoms with E-state index in [4.69, 9.17) is 4.74 Å². The van der Waals surface area contributed by atoms with E-state index in [-0.39, 0.29) is 17.0 Å². The van der Waals surface area contributed by atoms with E-state index >= 15 is 0 Å². The van der Waals surface area contributed by atoms with Crippen LogP contribution < -0.4 is 15.0 Å². The molecule has 2 unspecified atom stereocenters. The van der Waals surface area contributed by atoms with Gasteiger partial charge in [-0.15, -0.1) is 0 Å². The van der Waals surface area contributed by atoms with Crippen LogP contribution in [0.1, 0.15) is 28.9 Å². The maximum atomic E-state index is 12.7. The third-order valence-corrected chi connectivity index (χ3v) is 4.19. The molecule has 2 N–H and O–H groups in total. The zero-order chi connectivity index (χ0) is 20.1. The second kappa shape index (κ2) is 8.50. The van der Waals surface area contributed by atoms with Gasteiger partial charge in [-0.2, -0.15) is 0 Å². The molecule has 0 heterocycles.